The number of fused-ring (bicyclic) bond motifs is 1. The van der Waals surface area contributed by atoms with E-state index in [1.54, 1.807) is 30.0 Å². The third-order valence-electron chi connectivity index (χ3n) is 7.14. The van der Waals surface area contributed by atoms with E-state index < -0.39 is 16.1 Å². The van der Waals surface area contributed by atoms with Gasteiger partial charge in [-0.25, -0.2) is 8.42 Å². The molecule has 38 heavy (non-hydrogen) atoms. The smallest absolute Gasteiger partial charge is 0.242 e. The standard InChI is InChI=1S/C28H37N3O6S/c1-20-10-12-22(13-11-20)18-30(21(2)28(33)29-23-7-4-5-8-23)27(32)9-6-16-31(38(3,34)35)24-14-15-25-26(17-24)37-19-36-25/h10-15,17,21,23H,4-9,16,18-19H2,1-3H3,(H,29,33). The van der Waals surface area contributed by atoms with Gasteiger partial charge in [0.15, 0.2) is 11.5 Å². The summed E-state index contributed by atoms with van der Waals surface area (Å²) in [5.74, 6) is 0.696. The lowest BCUT2D eigenvalue weighted by Crippen LogP contribution is -2.49. The largest absolute Gasteiger partial charge is 0.454 e. The number of carbonyl (C=O) groups excluding carboxylic acids is 2. The van der Waals surface area contributed by atoms with E-state index in [9.17, 15) is 18.0 Å². The number of aryl methyl sites for hydroxylation is 1. The van der Waals surface area contributed by atoms with Crippen LogP contribution >= 0.6 is 0 Å². The van der Waals surface area contributed by atoms with Crippen molar-refractivity contribution in [3.05, 3.63) is 53.6 Å². The average Bonchev–Trinajstić information content (AvgIpc) is 3.56. The van der Waals surface area contributed by atoms with Crippen LogP contribution in [0.1, 0.15) is 56.6 Å². The molecule has 0 spiro atoms. The van der Waals surface area contributed by atoms with Crippen LogP contribution in [0.2, 0.25) is 0 Å². The molecule has 2 aromatic rings. The van der Waals surface area contributed by atoms with Gasteiger partial charge in [-0.05, 0) is 50.8 Å². The Morgan fingerprint density at radius 2 is 1.74 bits per heavy atom. The number of hydrogen-bond acceptors (Lipinski definition) is 6. The number of rotatable bonds is 11. The van der Waals surface area contributed by atoms with Crippen LogP contribution in [0.15, 0.2) is 42.5 Å². The van der Waals surface area contributed by atoms with E-state index in [4.69, 9.17) is 9.47 Å². The minimum Gasteiger partial charge on any atom is -0.454 e. The molecule has 1 aliphatic carbocycles. The fraction of sp³-hybridized carbons (Fsp3) is 0.500. The predicted octanol–water partition coefficient (Wildman–Crippen LogP) is 3.75. The van der Waals surface area contributed by atoms with Crippen LogP contribution in [0.5, 0.6) is 11.5 Å². The predicted molar refractivity (Wildman–Crippen MR) is 146 cm³/mol. The minimum absolute atomic E-state index is 0.0927. The maximum atomic E-state index is 13.5. The molecule has 1 unspecified atom stereocenters. The number of anilines is 1. The lowest BCUT2D eigenvalue weighted by molar-refractivity contribution is -0.141. The van der Waals surface area contributed by atoms with Crippen molar-refractivity contribution in [1.82, 2.24) is 10.2 Å². The molecule has 1 atom stereocenters. The summed E-state index contributed by atoms with van der Waals surface area (Å²) >= 11 is 0. The Labute approximate surface area is 225 Å². The van der Waals surface area contributed by atoms with Gasteiger partial charge < -0.3 is 19.7 Å². The zero-order valence-electron chi connectivity index (χ0n) is 22.3. The molecule has 2 aromatic carbocycles. The zero-order chi connectivity index (χ0) is 27.3. The molecule has 2 aliphatic rings. The molecule has 0 radical (unpaired) electrons. The van der Waals surface area contributed by atoms with E-state index in [2.05, 4.69) is 5.32 Å². The number of nitrogens with zero attached hydrogens (tertiary/aromatic N) is 2. The van der Waals surface area contributed by atoms with Crippen molar-refractivity contribution >= 4 is 27.5 Å². The van der Waals surface area contributed by atoms with Gasteiger partial charge >= 0.3 is 0 Å². The van der Waals surface area contributed by atoms with E-state index in [-0.39, 0.29) is 37.6 Å². The molecule has 0 aromatic heterocycles. The molecule has 1 saturated carbocycles. The van der Waals surface area contributed by atoms with E-state index in [0.717, 1.165) is 43.1 Å². The number of carbonyl (C=O) groups is 2. The molecular weight excluding hydrogens is 506 g/mol. The van der Waals surface area contributed by atoms with E-state index in [1.165, 1.54) is 4.31 Å². The Hall–Kier alpha value is -3.27. The maximum Gasteiger partial charge on any atom is 0.242 e. The minimum atomic E-state index is -3.60. The van der Waals surface area contributed by atoms with Crippen molar-refractivity contribution < 1.29 is 27.5 Å². The normalized spacial score (nSPS) is 15.8. The quantitative estimate of drug-likeness (QED) is 0.463. The molecule has 1 aliphatic heterocycles. The Kier molecular flexibility index (Phi) is 8.81. The molecule has 9 nitrogen and oxygen atoms in total. The molecule has 1 N–H and O–H groups in total. The molecule has 4 rings (SSSR count). The first kappa shape index (κ1) is 27.8. The molecule has 0 saturated heterocycles. The van der Waals surface area contributed by atoms with Crippen molar-refractivity contribution in [3.8, 4) is 11.5 Å². The highest BCUT2D eigenvalue weighted by molar-refractivity contribution is 7.92. The zero-order valence-corrected chi connectivity index (χ0v) is 23.1. The Balaban J connectivity index is 1.44. The van der Waals surface area contributed by atoms with Crippen LogP contribution in [0.25, 0.3) is 0 Å². The first-order valence-corrected chi connectivity index (χ1v) is 15.0. The second-order valence-electron chi connectivity index (χ2n) is 10.1. The Morgan fingerprint density at radius 3 is 2.42 bits per heavy atom. The maximum absolute atomic E-state index is 13.5. The lowest BCUT2D eigenvalue weighted by atomic mass is 10.1. The summed E-state index contributed by atoms with van der Waals surface area (Å²) in [5, 5.41) is 3.10. The molecule has 2 amide bonds. The molecular formula is C28H37N3O6S. The van der Waals surface area contributed by atoms with Gasteiger partial charge in [0.25, 0.3) is 0 Å². The topological polar surface area (TPSA) is 105 Å². The molecule has 10 heteroatoms. The summed E-state index contributed by atoms with van der Waals surface area (Å²) in [6.45, 7) is 4.26. The van der Waals surface area contributed by atoms with Crippen molar-refractivity contribution in [1.29, 1.82) is 0 Å². The molecule has 0 bridgehead atoms. The van der Waals surface area contributed by atoms with Gasteiger partial charge in [-0.2, -0.15) is 0 Å². The summed E-state index contributed by atoms with van der Waals surface area (Å²) in [7, 11) is -3.60. The van der Waals surface area contributed by atoms with Gasteiger partial charge in [-0.15, -0.1) is 0 Å². The van der Waals surface area contributed by atoms with Crippen LogP contribution in [-0.4, -0.2) is 56.8 Å². The Morgan fingerprint density at radius 1 is 1.05 bits per heavy atom. The Bertz CT molecular complexity index is 1240. The first-order chi connectivity index (χ1) is 18.1. The highest BCUT2D eigenvalue weighted by Gasteiger charge is 2.29. The summed E-state index contributed by atoms with van der Waals surface area (Å²) < 4.78 is 37.1. The van der Waals surface area contributed by atoms with Crippen molar-refractivity contribution in [2.24, 2.45) is 0 Å². The summed E-state index contributed by atoms with van der Waals surface area (Å²) in [4.78, 5) is 28.1. The van der Waals surface area contributed by atoms with E-state index >= 15 is 0 Å². The second kappa shape index (κ2) is 12.1. The van der Waals surface area contributed by atoms with Crippen LogP contribution in [0, 0.1) is 6.92 Å². The first-order valence-electron chi connectivity index (χ1n) is 13.1. The van der Waals surface area contributed by atoms with Crippen molar-refractivity contribution in [3.63, 3.8) is 0 Å². The van der Waals surface area contributed by atoms with Crippen molar-refractivity contribution in [2.45, 2.75) is 71.0 Å². The summed E-state index contributed by atoms with van der Waals surface area (Å²) in [6, 6.07) is 12.4. The fourth-order valence-electron chi connectivity index (χ4n) is 4.91. The third kappa shape index (κ3) is 6.98. The molecule has 206 valence electrons. The fourth-order valence-corrected chi connectivity index (χ4v) is 5.87. The van der Waals surface area contributed by atoms with Gasteiger partial charge in [0.2, 0.25) is 28.6 Å². The average molecular weight is 544 g/mol. The van der Waals surface area contributed by atoms with Gasteiger partial charge in [0.05, 0.1) is 11.9 Å². The monoisotopic (exact) mass is 543 g/mol. The second-order valence-corrected chi connectivity index (χ2v) is 12.1. The number of ether oxygens (including phenoxy) is 2. The van der Waals surface area contributed by atoms with E-state index in [0.29, 0.717) is 30.2 Å². The SMILES string of the molecule is Cc1ccc(CN(C(=O)CCCN(c2ccc3c(c2)OCO3)S(C)(=O)=O)C(C)C(=O)NC2CCCC2)cc1. The van der Waals surface area contributed by atoms with Crippen LogP contribution in [0.4, 0.5) is 5.69 Å². The third-order valence-corrected chi connectivity index (χ3v) is 8.33. The highest BCUT2D eigenvalue weighted by atomic mass is 32.2. The number of amides is 2. The summed E-state index contributed by atoms with van der Waals surface area (Å²) in [5.41, 5.74) is 2.50. The molecule has 1 fully saturated rings. The number of benzene rings is 2. The number of sulfonamides is 1. The van der Waals surface area contributed by atoms with Gasteiger partial charge in [0.1, 0.15) is 6.04 Å². The number of hydrogen-bond donors (Lipinski definition) is 1. The van der Waals surface area contributed by atoms with E-state index in [1.807, 2.05) is 31.2 Å². The summed E-state index contributed by atoms with van der Waals surface area (Å²) in [6.07, 6.45) is 5.66. The van der Waals surface area contributed by atoms with Crippen LogP contribution in [0.3, 0.4) is 0 Å². The van der Waals surface area contributed by atoms with Gasteiger partial charge in [-0.1, -0.05) is 42.7 Å². The van der Waals surface area contributed by atoms with Crippen LogP contribution < -0.4 is 19.1 Å². The van der Waals surface area contributed by atoms with Crippen molar-refractivity contribution in [2.75, 3.05) is 23.9 Å². The number of nitrogens with one attached hydrogen (secondary N) is 1. The van der Waals surface area contributed by atoms with Crippen LogP contribution in [-0.2, 0) is 26.2 Å². The molecule has 1 heterocycles. The lowest BCUT2D eigenvalue weighted by Gasteiger charge is -2.30. The highest BCUT2D eigenvalue weighted by Crippen LogP contribution is 2.36. The van der Waals surface area contributed by atoms with Gasteiger partial charge in [0, 0.05) is 31.6 Å². The van der Waals surface area contributed by atoms with Gasteiger partial charge in [-0.3, -0.25) is 13.9 Å².